The van der Waals surface area contributed by atoms with Crippen LogP contribution in [-0.4, -0.2) is 89.0 Å². The van der Waals surface area contributed by atoms with E-state index in [9.17, 15) is 17.6 Å². The monoisotopic (exact) mass is 621 g/mol. The van der Waals surface area contributed by atoms with Crippen molar-refractivity contribution in [1.82, 2.24) is 14.1 Å². The summed E-state index contributed by atoms with van der Waals surface area (Å²) in [6, 6.07) is 22.2. The third-order valence-electron chi connectivity index (χ3n) is 7.86. The molecular weight excluding hydrogens is 585 g/mol. The summed E-state index contributed by atoms with van der Waals surface area (Å²) in [7, 11) is 0.828. The molecule has 0 saturated carbocycles. The average Bonchev–Trinajstić information content (AvgIpc) is 3.06. The van der Waals surface area contributed by atoms with Gasteiger partial charge in [-0.05, 0) is 52.7 Å². The van der Waals surface area contributed by atoms with Crippen LogP contribution in [0.15, 0.2) is 83.8 Å². The standard InChI is InChI=1S/C33H36FN3O6S/c1-41-30-21-27(22-31(42-2)32(30)43-3)33(38)36(23-24-8-11-28(34)12-9-24)17-14-35-15-18-37(19-16-35)44(39,40)29-13-10-25-6-4-5-7-26(25)20-29/h4-13,20-22H,14-19,23H2,1-3H3. The van der Waals surface area contributed by atoms with Gasteiger partial charge < -0.3 is 19.1 Å². The number of methoxy groups -OCH3 is 3. The van der Waals surface area contributed by atoms with Gasteiger partial charge in [0.25, 0.3) is 5.91 Å². The molecule has 0 aromatic heterocycles. The fourth-order valence-electron chi connectivity index (χ4n) is 5.38. The summed E-state index contributed by atoms with van der Waals surface area (Å²) >= 11 is 0. The van der Waals surface area contributed by atoms with Gasteiger partial charge in [-0.15, -0.1) is 0 Å². The lowest BCUT2D eigenvalue weighted by atomic mass is 10.1. The van der Waals surface area contributed by atoms with Gasteiger partial charge in [0.2, 0.25) is 15.8 Å². The van der Waals surface area contributed by atoms with Crippen LogP contribution in [-0.2, 0) is 16.6 Å². The Kier molecular flexibility index (Phi) is 9.68. The first-order valence-electron chi connectivity index (χ1n) is 14.3. The lowest BCUT2D eigenvalue weighted by Crippen LogP contribution is -2.50. The topological polar surface area (TPSA) is 88.6 Å². The van der Waals surface area contributed by atoms with E-state index in [4.69, 9.17) is 14.2 Å². The molecule has 232 valence electrons. The van der Waals surface area contributed by atoms with Gasteiger partial charge in [0, 0.05) is 51.4 Å². The molecule has 0 spiro atoms. The van der Waals surface area contributed by atoms with E-state index in [0.29, 0.717) is 62.1 Å². The molecule has 1 heterocycles. The summed E-state index contributed by atoms with van der Waals surface area (Å²) in [6.45, 7) is 2.88. The lowest BCUT2D eigenvalue weighted by Gasteiger charge is -2.35. The van der Waals surface area contributed by atoms with E-state index in [1.807, 2.05) is 30.3 Å². The number of fused-ring (bicyclic) bond motifs is 1. The molecule has 5 rings (SSSR count). The quantitative estimate of drug-likeness (QED) is 0.241. The Morgan fingerprint density at radius 3 is 2.07 bits per heavy atom. The fraction of sp³-hybridized carbons (Fsp3) is 0.303. The van der Waals surface area contributed by atoms with Gasteiger partial charge in [-0.2, -0.15) is 4.31 Å². The van der Waals surface area contributed by atoms with Crippen molar-refractivity contribution in [3.05, 3.63) is 95.8 Å². The van der Waals surface area contributed by atoms with Crippen molar-refractivity contribution in [2.45, 2.75) is 11.4 Å². The second kappa shape index (κ2) is 13.6. The molecule has 1 amide bonds. The van der Waals surface area contributed by atoms with E-state index in [1.54, 1.807) is 41.3 Å². The van der Waals surface area contributed by atoms with Gasteiger partial charge in [0.05, 0.1) is 26.2 Å². The van der Waals surface area contributed by atoms with E-state index >= 15 is 0 Å². The smallest absolute Gasteiger partial charge is 0.254 e. The van der Waals surface area contributed by atoms with Gasteiger partial charge in [0.15, 0.2) is 11.5 Å². The van der Waals surface area contributed by atoms with Crippen molar-refractivity contribution in [1.29, 1.82) is 0 Å². The van der Waals surface area contributed by atoms with E-state index in [2.05, 4.69) is 4.90 Å². The molecule has 0 bridgehead atoms. The van der Waals surface area contributed by atoms with Crippen molar-refractivity contribution in [3.63, 3.8) is 0 Å². The van der Waals surface area contributed by atoms with Gasteiger partial charge in [-0.25, -0.2) is 12.8 Å². The molecule has 1 fully saturated rings. The van der Waals surface area contributed by atoms with E-state index in [0.717, 1.165) is 16.3 Å². The molecule has 9 nitrogen and oxygen atoms in total. The predicted octanol–water partition coefficient (Wildman–Crippen LogP) is 4.65. The number of benzene rings is 4. The fourth-order valence-corrected chi connectivity index (χ4v) is 6.84. The van der Waals surface area contributed by atoms with Crippen LogP contribution in [0.1, 0.15) is 15.9 Å². The Morgan fingerprint density at radius 2 is 1.45 bits per heavy atom. The number of rotatable bonds is 11. The molecular formula is C33H36FN3O6S. The Morgan fingerprint density at radius 1 is 0.818 bits per heavy atom. The summed E-state index contributed by atoms with van der Waals surface area (Å²) < 4.78 is 58.3. The molecule has 0 unspecified atom stereocenters. The first-order chi connectivity index (χ1) is 21.2. The normalized spacial score (nSPS) is 14.4. The van der Waals surface area contributed by atoms with Crippen LogP contribution < -0.4 is 14.2 Å². The second-order valence-electron chi connectivity index (χ2n) is 10.5. The van der Waals surface area contributed by atoms with Crippen molar-refractivity contribution in [2.75, 3.05) is 60.6 Å². The number of amides is 1. The molecule has 0 radical (unpaired) electrons. The summed E-state index contributed by atoms with van der Waals surface area (Å²) in [4.78, 5) is 18.0. The maximum Gasteiger partial charge on any atom is 0.254 e. The van der Waals surface area contributed by atoms with Crippen molar-refractivity contribution in [3.8, 4) is 17.2 Å². The number of nitrogens with zero attached hydrogens (tertiary/aromatic N) is 3. The Labute approximate surface area is 257 Å². The number of piperazine rings is 1. The number of carbonyl (C=O) groups is 1. The van der Waals surface area contributed by atoms with Gasteiger partial charge in [-0.3, -0.25) is 9.69 Å². The minimum Gasteiger partial charge on any atom is -0.493 e. The highest BCUT2D eigenvalue weighted by molar-refractivity contribution is 7.89. The zero-order chi connectivity index (χ0) is 31.3. The molecule has 1 aliphatic rings. The minimum absolute atomic E-state index is 0.256. The predicted molar refractivity (Wildman–Crippen MR) is 166 cm³/mol. The zero-order valence-corrected chi connectivity index (χ0v) is 25.8. The van der Waals surface area contributed by atoms with Crippen LogP contribution in [0.3, 0.4) is 0 Å². The van der Waals surface area contributed by atoms with Crippen LogP contribution in [0, 0.1) is 5.82 Å². The first kappa shape index (κ1) is 31.2. The summed E-state index contributed by atoms with van der Waals surface area (Å²) in [5.74, 6) is 0.494. The van der Waals surface area contributed by atoms with E-state index in [-0.39, 0.29) is 23.2 Å². The second-order valence-corrected chi connectivity index (χ2v) is 12.5. The molecule has 4 aromatic rings. The van der Waals surface area contributed by atoms with Crippen LogP contribution in [0.25, 0.3) is 10.8 Å². The largest absolute Gasteiger partial charge is 0.493 e. The number of halogens is 1. The first-order valence-corrected chi connectivity index (χ1v) is 15.7. The highest BCUT2D eigenvalue weighted by atomic mass is 32.2. The third-order valence-corrected chi connectivity index (χ3v) is 9.76. The van der Waals surface area contributed by atoms with Crippen LogP contribution >= 0.6 is 0 Å². The molecule has 0 aliphatic carbocycles. The number of hydrogen-bond donors (Lipinski definition) is 0. The van der Waals surface area contributed by atoms with Gasteiger partial charge >= 0.3 is 0 Å². The van der Waals surface area contributed by atoms with Crippen LogP contribution in [0.2, 0.25) is 0 Å². The zero-order valence-electron chi connectivity index (χ0n) is 25.0. The molecule has 0 N–H and O–H groups in total. The van der Waals surface area contributed by atoms with Gasteiger partial charge in [0.1, 0.15) is 5.82 Å². The summed E-state index contributed by atoms with van der Waals surface area (Å²) in [5.41, 5.74) is 1.13. The summed E-state index contributed by atoms with van der Waals surface area (Å²) in [6.07, 6.45) is 0. The molecule has 4 aromatic carbocycles. The van der Waals surface area contributed by atoms with Crippen molar-refractivity contribution >= 4 is 26.7 Å². The Hall–Kier alpha value is -4.19. The number of carbonyl (C=O) groups excluding carboxylic acids is 1. The highest BCUT2D eigenvalue weighted by Gasteiger charge is 2.29. The average molecular weight is 622 g/mol. The van der Waals surface area contributed by atoms with Crippen molar-refractivity contribution < 1.29 is 31.8 Å². The Bertz CT molecular complexity index is 1700. The van der Waals surface area contributed by atoms with Crippen LogP contribution in [0.4, 0.5) is 4.39 Å². The molecule has 1 aliphatic heterocycles. The van der Waals surface area contributed by atoms with Crippen LogP contribution in [0.5, 0.6) is 17.2 Å². The highest BCUT2D eigenvalue weighted by Crippen LogP contribution is 2.38. The molecule has 0 atom stereocenters. The number of sulfonamides is 1. The maximum absolute atomic E-state index is 13.9. The number of hydrogen-bond acceptors (Lipinski definition) is 7. The minimum atomic E-state index is -3.64. The molecule has 1 saturated heterocycles. The van der Waals surface area contributed by atoms with E-state index in [1.165, 1.54) is 37.8 Å². The SMILES string of the molecule is COc1cc(C(=O)N(CCN2CCN(S(=O)(=O)c3ccc4ccccc4c3)CC2)Cc2ccc(F)cc2)cc(OC)c1OC. The van der Waals surface area contributed by atoms with Crippen molar-refractivity contribution in [2.24, 2.45) is 0 Å². The third kappa shape index (κ3) is 6.80. The number of ether oxygens (including phenoxy) is 3. The maximum atomic E-state index is 13.9. The van der Waals surface area contributed by atoms with Gasteiger partial charge in [-0.1, -0.05) is 42.5 Å². The molecule has 44 heavy (non-hydrogen) atoms. The lowest BCUT2D eigenvalue weighted by molar-refractivity contribution is 0.0709. The Balaban J connectivity index is 1.29. The molecule has 11 heteroatoms. The summed E-state index contributed by atoms with van der Waals surface area (Å²) in [5, 5.41) is 1.87. The van der Waals surface area contributed by atoms with E-state index < -0.39 is 10.0 Å².